The normalized spacial score (nSPS) is 11.2. The minimum atomic E-state index is 1.13. The van der Waals surface area contributed by atoms with Gasteiger partial charge in [-0.3, -0.25) is 0 Å². The van der Waals surface area contributed by atoms with Crippen molar-refractivity contribution in [3.63, 3.8) is 0 Å². The predicted octanol–water partition coefficient (Wildman–Crippen LogP) is 9.88. The van der Waals surface area contributed by atoms with Crippen LogP contribution < -0.4 is 0 Å². The third-order valence-corrected chi connectivity index (χ3v) is 8.55. The second-order valence-corrected chi connectivity index (χ2v) is 11.3. The van der Waals surface area contributed by atoms with Gasteiger partial charge in [-0.05, 0) is 80.8 Å². The fourth-order valence-corrected chi connectivity index (χ4v) is 6.24. The highest BCUT2D eigenvalue weighted by Crippen LogP contribution is 2.33. The Bertz CT molecular complexity index is 1990. The molecule has 0 fully saturated rings. The number of rotatable bonds is 2. The summed E-state index contributed by atoms with van der Waals surface area (Å²) in [6.07, 6.45) is 11.2. The summed E-state index contributed by atoms with van der Waals surface area (Å²) in [7, 11) is 0. The van der Waals surface area contributed by atoms with E-state index in [0.717, 1.165) is 20.3 Å². The lowest BCUT2D eigenvalue weighted by Crippen LogP contribution is -1.94. The number of halogens is 2. The van der Waals surface area contributed by atoms with E-state index in [9.17, 15) is 0 Å². The fraction of sp³-hybridized carbons (Fsp3) is 0. The van der Waals surface area contributed by atoms with E-state index in [-0.39, 0.29) is 0 Å². The number of fused-ring (bicyclic) bond motifs is 4. The van der Waals surface area contributed by atoms with Gasteiger partial charge in [-0.15, -0.1) is 0 Å². The van der Waals surface area contributed by atoms with Crippen LogP contribution in [0, 0.1) is 0 Å². The summed E-state index contributed by atoms with van der Waals surface area (Å²) >= 11 is 7.18. The summed E-state index contributed by atoms with van der Waals surface area (Å²) in [6.45, 7) is 0. The highest BCUT2D eigenvalue weighted by molar-refractivity contribution is 9.11. The zero-order chi connectivity index (χ0) is 27.1. The smallest absolute Gasteiger partial charge is 0.0991 e. The molecule has 8 aromatic rings. The molecule has 0 atom stereocenters. The molecule has 0 radical (unpaired) electrons. The van der Waals surface area contributed by atoms with Crippen molar-refractivity contribution < 1.29 is 0 Å². The van der Waals surface area contributed by atoms with Crippen LogP contribution in [0.1, 0.15) is 0 Å². The molecule has 40 heavy (non-hydrogen) atoms. The molecule has 0 saturated heterocycles. The molecular formula is C34H22Br2N4. The topological polar surface area (TPSA) is 35.6 Å². The van der Waals surface area contributed by atoms with Gasteiger partial charge >= 0.3 is 0 Å². The Hall–Kier alpha value is -4.26. The maximum atomic E-state index is 4.18. The van der Waals surface area contributed by atoms with E-state index in [0.29, 0.717) is 0 Å². The summed E-state index contributed by atoms with van der Waals surface area (Å²) < 4.78 is 6.38. The van der Waals surface area contributed by atoms with Gasteiger partial charge in [0.05, 0.1) is 24.0 Å². The van der Waals surface area contributed by atoms with Crippen LogP contribution in [0.4, 0.5) is 0 Å². The molecule has 0 saturated carbocycles. The van der Waals surface area contributed by atoms with Crippen molar-refractivity contribution in [1.82, 2.24) is 19.1 Å². The van der Waals surface area contributed by atoms with Crippen LogP contribution in [0.25, 0.3) is 54.5 Å². The second kappa shape index (κ2) is 10.4. The van der Waals surface area contributed by atoms with Gasteiger partial charge in [-0.2, -0.15) is 0 Å². The van der Waals surface area contributed by atoms with Crippen molar-refractivity contribution in [3.8, 4) is 11.4 Å². The summed E-state index contributed by atoms with van der Waals surface area (Å²) in [5.74, 6) is 0. The Morgan fingerprint density at radius 1 is 0.450 bits per heavy atom. The number of benzene rings is 6. The van der Waals surface area contributed by atoms with E-state index < -0.39 is 0 Å². The van der Waals surface area contributed by atoms with Crippen molar-refractivity contribution >= 4 is 74.9 Å². The molecule has 192 valence electrons. The Kier molecular flexibility index (Phi) is 6.42. The molecular weight excluding hydrogens is 624 g/mol. The maximum absolute atomic E-state index is 4.18. The van der Waals surface area contributed by atoms with Crippen LogP contribution in [0.3, 0.4) is 0 Å². The fourth-order valence-electron chi connectivity index (χ4n) is 5.25. The number of aromatic nitrogens is 4. The van der Waals surface area contributed by atoms with Crippen LogP contribution in [0.15, 0.2) is 143 Å². The first-order chi connectivity index (χ1) is 19.7. The monoisotopic (exact) mass is 644 g/mol. The third kappa shape index (κ3) is 4.49. The number of imidazole rings is 2. The average Bonchev–Trinajstić information content (AvgIpc) is 3.71. The molecule has 0 aliphatic rings. The number of nitrogens with zero attached hydrogens (tertiary/aromatic N) is 4. The van der Waals surface area contributed by atoms with E-state index in [4.69, 9.17) is 0 Å². The highest BCUT2D eigenvalue weighted by Gasteiger charge is 2.08. The van der Waals surface area contributed by atoms with Crippen LogP contribution >= 0.6 is 31.9 Å². The number of hydrogen-bond acceptors (Lipinski definition) is 2. The van der Waals surface area contributed by atoms with Crippen LogP contribution in [-0.4, -0.2) is 19.1 Å². The average molecular weight is 646 g/mol. The second-order valence-electron chi connectivity index (χ2n) is 9.56. The molecule has 0 aliphatic carbocycles. The minimum absolute atomic E-state index is 1.13. The lowest BCUT2D eigenvalue weighted by atomic mass is 10.0. The Labute approximate surface area is 247 Å². The molecule has 2 heterocycles. The van der Waals surface area contributed by atoms with Crippen molar-refractivity contribution in [2.75, 3.05) is 0 Å². The molecule has 8 rings (SSSR count). The minimum Gasteiger partial charge on any atom is -0.306 e. The van der Waals surface area contributed by atoms with Crippen molar-refractivity contribution in [2.45, 2.75) is 0 Å². The first-order valence-electron chi connectivity index (χ1n) is 12.8. The van der Waals surface area contributed by atoms with Crippen molar-refractivity contribution in [1.29, 1.82) is 0 Å². The zero-order valence-corrected chi connectivity index (χ0v) is 24.4. The van der Waals surface area contributed by atoms with Crippen molar-refractivity contribution in [3.05, 3.63) is 143 Å². The third-order valence-electron chi connectivity index (χ3n) is 7.17. The van der Waals surface area contributed by atoms with Crippen LogP contribution in [0.5, 0.6) is 0 Å². The molecule has 0 aliphatic heterocycles. The molecule has 6 heteroatoms. The molecule has 0 unspecified atom stereocenters. The van der Waals surface area contributed by atoms with Crippen LogP contribution in [0.2, 0.25) is 0 Å². The van der Waals surface area contributed by atoms with Gasteiger partial charge in [0, 0.05) is 44.5 Å². The van der Waals surface area contributed by atoms with Gasteiger partial charge in [0.2, 0.25) is 0 Å². The Morgan fingerprint density at radius 3 is 1.27 bits per heavy atom. The lowest BCUT2D eigenvalue weighted by Gasteiger charge is -2.12. The van der Waals surface area contributed by atoms with E-state index in [1.807, 2.05) is 34.2 Å². The Morgan fingerprint density at radius 2 is 0.850 bits per heavy atom. The molecule has 0 spiro atoms. The Balaban J connectivity index is 0.000000144. The van der Waals surface area contributed by atoms with E-state index in [1.165, 1.54) is 43.1 Å². The quantitative estimate of drug-likeness (QED) is 0.175. The molecule has 0 N–H and O–H groups in total. The first kappa shape index (κ1) is 24.8. The molecule has 6 aromatic carbocycles. The number of hydrogen-bond donors (Lipinski definition) is 0. The summed E-state index contributed by atoms with van der Waals surface area (Å²) in [5.41, 5.74) is 2.26. The zero-order valence-electron chi connectivity index (χ0n) is 21.2. The lowest BCUT2D eigenvalue weighted by molar-refractivity contribution is 1.07. The molecule has 0 bridgehead atoms. The highest BCUT2D eigenvalue weighted by atomic mass is 79.9. The van der Waals surface area contributed by atoms with E-state index in [2.05, 4.69) is 139 Å². The first-order valence-corrected chi connectivity index (χ1v) is 14.4. The molecule has 2 aromatic heterocycles. The van der Waals surface area contributed by atoms with Crippen LogP contribution in [-0.2, 0) is 0 Å². The van der Waals surface area contributed by atoms with Crippen molar-refractivity contribution in [2.24, 2.45) is 0 Å². The van der Waals surface area contributed by atoms with E-state index in [1.54, 1.807) is 12.4 Å². The summed E-state index contributed by atoms with van der Waals surface area (Å²) in [6, 6.07) is 34.2. The van der Waals surface area contributed by atoms with Gasteiger partial charge in [-0.1, -0.05) is 80.4 Å². The maximum Gasteiger partial charge on any atom is 0.0991 e. The van der Waals surface area contributed by atoms with E-state index >= 15 is 0 Å². The molecule has 4 nitrogen and oxygen atoms in total. The predicted molar refractivity (Wildman–Crippen MR) is 173 cm³/mol. The summed E-state index contributed by atoms with van der Waals surface area (Å²) in [4.78, 5) is 8.35. The molecule has 0 amide bonds. The standard InChI is InChI=1S/C20H14N4.C14H8Br2/c1-3-15-11-16-4-2-6-20(24-10-8-22-14-24)18(16)12-17(15)19(5-1)23-9-7-21-13-23;15-13-5-1-3-9-7-10-4-2-6-14(16)12(10)8-11(9)13/h1-14H;1-8H. The van der Waals surface area contributed by atoms with Gasteiger partial charge in [0.1, 0.15) is 0 Å². The summed E-state index contributed by atoms with van der Waals surface area (Å²) in [5, 5.41) is 9.88. The van der Waals surface area contributed by atoms with Gasteiger partial charge in [0.15, 0.2) is 0 Å². The van der Waals surface area contributed by atoms with Gasteiger partial charge in [-0.25, -0.2) is 9.97 Å². The SMILES string of the molecule is Brc1cccc2cc3cccc(Br)c3cc12.c1cc(-n2ccnc2)c2cc3c(-n4ccnc4)cccc3cc2c1. The largest absolute Gasteiger partial charge is 0.306 e. The van der Waals surface area contributed by atoms with Gasteiger partial charge in [0.25, 0.3) is 0 Å². The van der Waals surface area contributed by atoms with Gasteiger partial charge < -0.3 is 9.13 Å².